The molecule has 0 aliphatic heterocycles. The topological polar surface area (TPSA) is 149 Å². The fourth-order valence-corrected chi connectivity index (χ4v) is 10.6. The van der Waals surface area contributed by atoms with Gasteiger partial charge in [-0.05, 0) is 25.7 Å². The zero-order valence-electron chi connectivity index (χ0n) is 55.2. The minimum atomic E-state index is -0.653. The Balaban J connectivity index is -0.000000316. The zero-order valence-corrected chi connectivity index (χ0v) is 56.7. The molecule has 0 fully saturated rings. The second-order valence-corrected chi connectivity index (χ2v) is 24.4. The van der Waals surface area contributed by atoms with Gasteiger partial charge >= 0.3 is 23.9 Å². The molecule has 0 saturated heterocycles. The fraction of sp³-hybridized carbons (Fsp3) is 0.944. The van der Waals surface area contributed by atoms with Crippen LogP contribution in [0.3, 0.4) is 0 Å². The summed E-state index contributed by atoms with van der Waals surface area (Å²) in [6.07, 6.45) is 80.8. The quantitative estimate of drug-likeness (QED) is 0.0347. The first kappa shape index (κ1) is 88.4. The van der Waals surface area contributed by atoms with Gasteiger partial charge in [0.15, 0.2) is 0 Å². The molecule has 0 rings (SSSR count). The Hall–Kier alpha value is -1.41. The second-order valence-electron chi connectivity index (χ2n) is 24.4. The summed E-state index contributed by atoms with van der Waals surface area (Å²) in [6, 6.07) is 0. The monoisotopic (exact) mass is 1190 g/mol. The van der Waals surface area contributed by atoms with E-state index in [2.05, 4.69) is 27.7 Å². The summed E-state index contributed by atoms with van der Waals surface area (Å²) >= 11 is 0. The maximum absolute atomic E-state index is 10.3. The number of carboxylic acids is 4. The van der Waals surface area contributed by atoms with Crippen LogP contribution < -0.4 is 0 Å². The first-order valence-corrected chi connectivity index (χ1v) is 36.0. The zero-order chi connectivity index (χ0) is 59.6. The molecular formula is C72H144O8Ti. The maximum atomic E-state index is 10.3. The van der Waals surface area contributed by atoms with Gasteiger partial charge in [0.25, 0.3) is 0 Å². The van der Waals surface area contributed by atoms with E-state index < -0.39 is 23.9 Å². The Kier molecular flexibility index (Phi) is 92.8. The van der Waals surface area contributed by atoms with Gasteiger partial charge in [0.1, 0.15) is 0 Å². The van der Waals surface area contributed by atoms with Gasteiger partial charge < -0.3 is 20.4 Å². The minimum absolute atomic E-state index is 0. The molecule has 0 radical (unpaired) electrons. The molecule has 0 aliphatic rings. The van der Waals surface area contributed by atoms with Crippen LogP contribution in [0.2, 0.25) is 0 Å². The van der Waals surface area contributed by atoms with Crippen LogP contribution in [-0.2, 0) is 40.9 Å². The standard InChI is InChI=1S/4C18H36O2.Ti/c4*1-2-3-4-5-6-7-8-9-10-11-12-13-14-15-16-17-18(19)20;/h4*2-17H2,1H3,(H,19,20);. The molecule has 484 valence electrons. The largest absolute Gasteiger partial charge is 0.481 e. The second kappa shape index (κ2) is 85.0. The molecule has 4 N–H and O–H groups in total. The molecule has 0 aliphatic carbocycles. The normalized spacial score (nSPS) is 10.7. The van der Waals surface area contributed by atoms with Gasteiger partial charge in [0.05, 0.1) is 0 Å². The van der Waals surface area contributed by atoms with Crippen molar-refractivity contribution in [3.05, 3.63) is 0 Å². The van der Waals surface area contributed by atoms with Gasteiger partial charge in [-0.15, -0.1) is 0 Å². The Bertz CT molecular complexity index is 990. The molecule has 0 aromatic rings. The molecule has 8 nitrogen and oxygen atoms in total. The summed E-state index contributed by atoms with van der Waals surface area (Å²) in [4.78, 5) is 41.3. The van der Waals surface area contributed by atoms with Crippen LogP contribution >= 0.6 is 0 Å². The van der Waals surface area contributed by atoms with E-state index in [1.807, 2.05) is 0 Å². The van der Waals surface area contributed by atoms with E-state index in [1.165, 1.54) is 334 Å². The third kappa shape index (κ3) is 104. The molecule has 0 saturated carbocycles. The predicted molar refractivity (Wildman–Crippen MR) is 349 cm³/mol. The average molecular weight is 1190 g/mol. The van der Waals surface area contributed by atoms with Crippen molar-refractivity contribution in [2.24, 2.45) is 0 Å². The minimum Gasteiger partial charge on any atom is -0.481 e. The van der Waals surface area contributed by atoms with Gasteiger partial charge in [-0.1, -0.05) is 387 Å². The van der Waals surface area contributed by atoms with Crippen LogP contribution in [0, 0.1) is 0 Å². The van der Waals surface area contributed by atoms with E-state index in [9.17, 15) is 19.2 Å². The van der Waals surface area contributed by atoms with Crippen LogP contribution in [0.5, 0.6) is 0 Å². The van der Waals surface area contributed by atoms with E-state index in [0.717, 1.165) is 51.4 Å². The van der Waals surface area contributed by atoms with Crippen molar-refractivity contribution in [3.8, 4) is 0 Å². The third-order valence-electron chi connectivity index (χ3n) is 16.0. The van der Waals surface area contributed by atoms with E-state index in [-0.39, 0.29) is 21.7 Å². The van der Waals surface area contributed by atoms with Crippen LogP contribution in [0.15, 0.2) is 0 Å². The Labute approximate surface area is 520 Å². The van der Waals surface area contributed by atoms with Crippen molar-refractivity contribution in [2.75, 3.05) is 0 Å². The summed E-state index contributed by atoms with van der Waals surface area (Å²) in [6.45, 7) is 9.08. The fourth-order valence-electron chi connectivity index (χ4n) is 10.6. The molecular weight excluding hydrogens is 1040 g/mol. The van der Waals surface area contributed by atoms with Gasteiger partial charge in [-0.2, -0.15) is 0 Å². The molecule has 0 atom stereocenters. The third-order valence-corrected chi connectivity index (χ3v) is 16.0. The van der Waals surface area contributed by atoms with Gasteiger partial charge in [0.2, 0.25) is 0 Å². The molecule has 0 bridgehead atoms. The average Bonchev–Trinajstić information content (AvgIpc) is 3.43. The van der Waals surface area contributed by atoms with E-state index in [1.54, 1.807) is 0 Å². The summed E-state index contributed by atoms with van der Waals surface area (Å²) in [7, 11) is 0. The summed E-state index contributed by atoms with van der Waals surface area (Å²) in [5.74, 6) is -2.61. The number of carboxylic acid groups (broad SMARTS) is 4. The van der Waals surface area contributed by atoms with Crippen molar-refractivity contribution in [1.82, 2.24) is 0 Å². The number of carbonyl (C=O) groups is 4. The predicted octanol–water partition coefficient (Wildman–Crippen LogP) is 25.3. The van der Waals surface area contributed by atoms with Gasteiger partial charge in [-0.25, -0.2) is 0 Å². The summed E-state index contributed by atoms with van der Waals surface area (Å²) in [5, 5.41) is 34.1. The smallest absolute Gasteiger partial charge is 0.303 e. The van der Waals surface area contributed by atoms with Crippen molar-refractivity contribution >= 4 is 23.9 Å². The van der Waals surface area contributed by atoms with Crippen LogP contribution in [0.1, 0.15) is 439 Å². The molecule has 0 aromatic carbocycles. The maximum Gasteiger partial charge on any atom is 0.303 e. The van der Waals surface area contributed by atoms with Crippen molar-refractivity contribution in [1.29, 1.82) is 0 Å². The van der Waals surface area contributed by atoms with E-state index >= 15 is 0 Å². The molecule has 9 heteroatoms. The van der Waals surface area contributed by atoms with Crippen molar-refractivity contribution in [3.63, 3.8) is 0 Å². The van der Waals surface area contributed by atoms with E-state index in [4.69, 9.17) is 20.4 Å². The number of hydrogen-bond acceptors (Lipinski definition) is 4. The van der Waals surface area contributed by atoms with Crippen molar-refractivity contribution < 1.29 is 61.3 Å². The van der Waals surface area contributed by atoms with Gasteiger partial charge in [0, 0.05) is 47.4 Å². The van der Waals surface area contributed by atoms with Crippen molar-refractivity contribution in [2.45, 2.75) is 439 Å². The SMILES string of the molecule is CCCCCCCCCCCCCCCCCC(=O)O.CCCCCCCCCCCCCCCCCC(=O)O.CCCCCCCCCCCCCCCCCC(=O)O.CCCCCCCCCCCCCCCCCC(=O)O.[Ti]. The number of hydrogen-bond donors (Lipinski definition) is 4. The van der Waals surface area contributed by atoms with E-state index in [0.29, 0.717) is 25.7 Å². The Morgan fingerprint density at radius 3 is 0.309 bits per heavy atom. The summed E-state index contributed by atoms with van der Waals surface area (Å²) in [5.41, 5.74) is 0. The number of rotatable bonds is 64. The Morgan fingerprint density at radius 2 is 0.235 bits per heavy atom. The van der Waals surface area contributed by atoms with Crippen LogP contribution in [0.4, 0.5) is 0 Å². The first-order chi connectivity index (χ1) is 39.1. The summed E-state index contributed by atoms with van der Waals surface area (Å²) < 4.78 is 0. The van der Waals surface area contributed by atoms with Crippen LogP contribution in [0.25, 0.3) is 0 Å². The number of aliphatic carboxylic acids is 4. The molecule has 0 heterocycles. The Morgan fingerprint density at radius 1 is 0.160 bits per heavy atom. The molecule has 0 unspecified atom stereocenters. The molecule has 0 spiro atoms. The van der Waals surface area contributed by atoms with Gasteiger partial charge in [-0.3, -0.25) is 19.2 Å². The first-order valence-electron chi connectivity index (χ1n) is 36.0. The molecule has 81 heavy (non-hydrogen) atoms. The van der Waals surface area contributed by atoms with Crippen LogP contribution in [-0.4, -0.2) is 44.3 Å². The number of unbranched alkanes of at least 4 members (excludes halogenated alkanes) is 56. The molecule has 0 aromatic heterocycles. The molecule has 0 amide bonds.